The molecule has 0 bridgehead atoms. The molecule has 0 spiro atoms. The molecule has 0 fully saturated rings. The maximum atomic E-state index is 10.6. The molecule has 11 heavy (non-hydrogen) atoms. The van der Waals surface area contributed by atoms with Crippen molar-refractivity contribution in [1.29, 1.82) is 0 Å². The Balaban J connectivity index is 0. The Morgan fingerprint density at radius 2 is 1.82 bits per heavy atom. The van der Waals surface area contributed by atoms with Gasteiger partial charge in [-0.1, -0.05) is 0 Å². The summed E-state index contributed by atoms with van der Waals surface area (Å²) < 4.78 is 21.2. The number of hydrogen-bond donors (Lipinski definition) is 1. The van der Waals surface area contributed by atoms with Crippen LogP contribution in [0, 0.1) is 0 Å². The van der Waals surface area contributed by atoms with E-state index in [9.17, 15) is 8.42 Å². The van der Waals surface area contributed by atoms with Crippen molar-refractivity contribution in [1.82, 2.24) is 4.90 Å². The first-order valence-corrected chi connectivity index (χ1v) is 5.65. The molecule has 0 saturated carbocycles. The second kappa shape index (κ2) is 5.83. The van der Waals surface area contributed by atoms with Crippen molar-refractivity contribution in [2.24, 2.45) is 0 Å². The van der Waals surface area contributed by atoms with E-state index in [0.29, 0.717) is 0 Å². The Kier molecular flexibility index (Phi) is 7.82. The first-order valence-electron chi connectivity index (χ1n) is 2.94. The average Bonchev–Trinajstić information content (AvgIpc) is 1.60. The Morgan fingerprint density at radius 1 is 1.45 bits per heavy atom. The Hall–Kier alpha value is 1.26. The quantitative estimate of drug-likeness (QED) is 0.387. The molecule has 0 N–H and O–H groups in total. The van der Waals surface area contributed by atoms with Crippen molar-refractivity contribution in [2.45, 2.75) is 13.0 Å². The van der Waals surface area contributed by atoms with Gasteiger partial charge < -0.3 is 4.90 Å². The third kappa shape index (κ3) is 9.17. The molecule has 0 saturated heterocycles. The van der Waals surface area contributed by atoms with Gasteiger partial charge in [0.1, 0.15) is 0 Å². The van der Waals surface area contributed by atoms with Crippen molar-refractivity contribution in [3.63, 3.8) is 0 Å². The molecule has 0 aromatic heterocycles. The zero-order chi connectivity index (χ0) is 8.36. The number of thiol groups is 1. The zero-order valence-electron chi connectivity index (χ0n) is 6.40. The fraction of sp³-hybridized carbons (Fsp3) is 1.00. The molecule has 0 radical (unpaired) electrons. The van der Waals surface area contributed by atoms with Crippen LogP contribution in [0.5, 0.6) is 0 Å². The van der Waals surface area contributed by atoms with E-state index < -0.39 is 8.87 Å². The summed E-state index contributed by atoms with van der Waals surface area (Å²) in [5.74, 6) is 0.100. The number of hydrogen-bond acceptors (Lipinski definition) is 3. The van der Waals surface area contributed by atoms with Crippen molar-refractivity contribution in [3.05, 3.63) is 0 Å². The van der Waals surface area contributed by atoms with Gasteiger partial charge in [-0.05, 0) is 32.7 Å². The summed E-state index contributed by atoms with van der Waals surface area (Å²) in [5.41, 5.74) is 0. The van der Waals surface area contributed by atoms with Gasteiger partial charge in [0.25, 0.3) is 0 Å². The van der Waals surface area contributed by atoms with Crippen LogP contribution in [0.3, 0.4) is 0 Å². The molecule has 0 aromatic rings. The van der Waals surface area contributed by atoms with Crippen LogP contribution in [-0.4, -0.2) is 68.8 Å². The van der Waals surface area contributed by atoms with Crippen LogP contribution in [0.4, 0.5) is 0 Å². The second-order valence-electron chi connectivity index (χ2n) is 2.56. The normalized spacial score (nSPS) is 14.3. The van der Waals surface area contributed by atoms with Crippen molar-refractivity contribution >= 4 is 50.1 Å². The van der Waals surface area contributed by atoms with Crippen LogP contribution in [-0.2, 0) is 8.87 Å². The van der Waals surface area contributed by atoms with Gasteiger partial charge in [0.2, 0.25) is 0 Å². The molecule has 0 rings (SSSR count). The van der Waals surface area contributed by atoms with Gasteiger partial charge in [-0.25, -0.2) is 8.42 Å². The van der Waals surface area contributed by atoms with E-state index in [1.54, 1.807) is 0 Å². The standard InChI is InChI=1S/C5H13NO2S2.Na.H/c1-5(6(2)3)4-10(7,8)9;;/h5H,4H2,1-3H3,(H,7,8,9);;. The van der Waals surface area contributed by atoms with Gasteiger partial charge in [-0.2, -0.15) is 0 Å². The molecule has 1 unspecified atom stereocenters. The topological polar surface area (TPSA) is 37.4 Å². The molecule has 1 atom stereocenters. The third-order valence-corrected chi connectivity index (χ3v) is 2.68. The molecule has 64 valence electrons. The molecular weight excluding hydrogens is 193 g/mol. The molecular formula is C5H14NNaO2S2. The van der Waals surface area contributed by atoms with E-state index in [-0.39, 0.29) is 41.4 Å². The van der Waals surface area contributed by atoms with Crippen LogP contribution in [0.1, 0.15) is 6.92 Å². The van der Waals surface area contributed by atoms with E-state index in [1.807, 2.05) is 25.9 Å². The van der Waals surface area contributed by atoms with Gasteiger partial charge in [0.05, 0.1) is 5.75 Å². The Morgan fingerprint density at radius 3 is 1.91 bits per heavy atom. The van der Waals surface area contributed by atoms with Crippen LogP contribution in [0.2, 0.25) is 0 Å². The summed E-state index contributed by atoms with van der Waals surface area (Å²) in [7, 11) is 0.558. The zero-order valence-corrected chi connectivity index (χ0v) is 8.11. The molecule has 0 amide bonds. The van der Waals surface area contributed by atoms with E-state index in [2.05, 4.69) is 11.7 Å². The van der Waals surface area contributed by atoms with Gasteiger partial charge in [-0.15, -0.1) is 0 Å². The molecule has 0 heterocycles. The minimum absolute atomic E-state index is 0. The SMILES string of the molecule is CC(CS(=O)(=O)S)N(C)C.[NaH]. The van der Waals surface area contributed by atoms with Crippen molar-refractivity contribution in [2.75, 3.05) is 19.8 Å². The summed E-state index contributed by atoms with van der Waals surface area (Å²) in [5, 5.41) is 0. The van der Waals surface area contributed by atoms with Crippen LogP contribution in [0.15, 0.2) is 0 Å². The summed E-state index contributed by atoms with van der Waals surface area (Å²) in [6.07, 6.45) is 0. The monoisotopic (exact) mass is 207 g/mol. The third-order valence-electron chi connectivity index (χ3n) is 1.33. The molecule has 6 heteroatoms. The summed E-state index contributed by atoms with van der Waals surface area (Å²) in [6.45, 7) is 1.84. The van der Waals surface area contributed by atoms with Gasteiger partial charge in [-0.3, -0.25) is 0 Å². The molecule has 0 aliphatic rings. The fourth-order valence-corrected chi connectivity index (χ4v) is 2.01. The summed E-state index contributed by atoms with van der Waals surface area (Å²) in [6, 6.07) is 0.0301. The summed E-state index contributed by atoms with van der Waals surface area (Å²) in [4.78, 5) is 1.84. The maximum absolute atomic E-state index is 10.6. The van der Waals surface area contributed by atoms with Crippen LogP contribution in [0.25, 0.3) is 0 Å². The first-order chi connectivity index (χ1) is 4.33. The second-order valence-corrected chi connectivity index (χ2v) is 5.73. The first kappa shape index (κ1) is 14.8. The molecule has 0 aromatic carbocycles. The predicted molar refractivity (Wildman–Crippen MR) is 53.1 cm³/mol. The predicted octanol–water partition coefficient (Wildman–Crippen LogP) is -0.452. The van der Waals surface area contributed by atoms with E-state index >= 15 is 0 Å². The Bertz CT molecular complexity index is 191. The molecule has 3 nitrogen and oxygen atoms in total. The van der Waals surface area contributed by atoms with Crippen LogP contribution < -0.4 is 0 Å². The summed E-state index contributed by atoms with van der Waals surface area (Å²) >= 11 is 3.43. The van der Waals surface area contributed by atoms with Gasteiger partial charge >= 0.3 is 29.6 Å². The van der Waals surface area contributed by atoms with E-state index in [4.69, 9.17) is 0 Å². The fourth-order valence-electron chi connectivity index (χ4n) is 0.454. The number of nitrogens with zero attached hydrogens (tertiary/aromatic N) is 1. The van der Waals surface area contributed by atoms with Crippen molar-refractivity contribution in [3.8, 4) is 0 Å². The average molecular weight is 207 g/mol. The van der Waals surface area contributed by atoms with Gasteiger partial charge in [0, 0.05) is 6.04 Å². The molecule has 0 aliphatic heterocycles. The van der Waals surface area contributed by atoms with E-state index in [1.165, 1.54) is 0 Å². The van der Waals surface area contributed by atoms with E-state index in [0.717, 1.165) is 0 Å². The molecule has 0 aliphatic carbocycles. The number of rotatable bonds is 3. The van der Waals surface area contributed by atoms with Crippen LogP contribution >= 0.6 is 11.7 Å². The van der Waals surface area contributed by atoms with Gasteiger partial charge in [0.15, 0.2) is 8.87 Å². The van der Waals surface area contributed by atoms with Crippen molar-refractivity contribution < 1.29 is 8.42 Å². The Labute approximate surface area is 95.6 Å². The minimum atomic E-state index is -3.12.